The molecule has 0 amide bonds. The monoisotopic (exact) mass is 700 g/mol. The molecule has 0 atom stereocenters. The van der Waals surface area contributed by atoms with Crippen molar-refractivity contribution in [1.29, 1.82) is 0 Å². The summed E-state index contributed by atoms with van der Waals surface area (Å²) in [4.78, 5) is 67.7. The van der Waals surface area contributed by atoms with Crippen molar-refractivity contribution >= 4 is 35.8 Å². The molecule has 268 valence electrons. The molecular formula is C39H40O12. The second-order valence-corrected chi connectivity index (χ2v) is 10.6. The zero-order valence-corrected chi connectivity index (χ0v) is 28.3. The maximum atomic E-state index is 12.2. The molecule has 4 rings (SSSR count). The first-order chi connectivity index (χ1) is 24.5. The summed E-state index contributed by atoms with van der Waals surface area (Å²) >= 11 is 0. The molecule has 0 aliphatic carbocycles. The van der Waals surface area contributed by atoms with Crippen LogP contribution in [-0.2, 0) is 20.8 Å². The third-order valence-corrected chi connectivity index (χ3v) is 6.81. The van der Waals surface area contributed by atoms with Gasteiger partial charge in [-0.2, -0.15) is 0 Å². The van der Waals surface area contributed by atoms with Gasteiger partial charge in [0.15, 0.2) is 0 Å². The molecule has 4 aromatic rings. The zero-order valence-electron chi connectivity index (χ0n) is 28.3. The number of benzene rings is 4. The Kier molecular flexibility index (Phi) is 17.9. The standard InChI is InChI=1S/C19H20O4.C12H14O4.C8H6O4/c1-2-3-13-22-18(20)16-11-7-8-12-17(16)19(21)23-14-15-9-5-4-6-10-15;1-2-3-8-16-12(15)10-7-5-4-6-9(10)11(13)14;9-7(10)5-3-1-2-4-6(5)8(11)12/h4-12H,2-3,13-14H2,1H3;4-7H,2-3,8H2,1H3,(H,13,14);1-4H,(H,9,10)(H,11,12). The highest BCUT2D eigenvalue weighted by molar-refractivity contribution is 6.04. The van der Waals surface area contributed by atoms with Crippen molar-refractivity contribution < 1.29 is 58.3 Å². The third kappa shape index (κ3) is 14.0. The van der Waals surface area contributed by atoms with Crippen LogP contribution in [0, 0.1) is 0 Å². The Hall–Kier alpha value is -6.30. The Labute approximate surface area is 295 Å². The molecule has 0 unspecified atom stereocenters. The Morgan fingerprint density at radius 1 is 0.431 bits per heavy atom. The van der Waals surface area contributed by atoms with E-state index in [4.69, 9.17) is 29.5 Å². The van der Waals surface area contributed by atoms with Crippen molar-refractivity contribution in [1.82, 2.24) is 0 Å². The van der Waals surface area contributed by atoms with Gasteiger partial charge >= 0.3 is 35.8 Å². The molecule has 0 saturated heterocycles. The van der Waals surface area contributed by atoms with Crippen LogP contribution >= 0.6 is 0 Å². The van der Waals surface area contributed by atoms with E-state index in [0.717, 1.165) is 31.2 Å². The number of carbonyl (C=O) groups is 6. The van der Waals surface area contributed by atoms with Gasteiger partial charge in [-0.3, -0.25) is 0 Å². The smallest absolute Gasteiger partial charge is 0.339 e. The lowest BCUT2D eigenvalue weighted by atomic mass is 10.1. The van der Waals surface area contributed by atoms with Crippen LogP contribution in [0.25, 0.3) is 0 Å². The van der Waals surface area contributed by atoms with Gasteiger partial charge in [-0.05, 0) is 54.8 Å². The van der Waals surface area contributed by atoms with Crippen molar-refractivity contribution in [2.75, 3.05) is 13.2 Å². The van der Waals surface area contributed by atoms with Gasteiger partial charge in [-0.25, -0.2) is 28.8 Å². The molecule has 51 heavy (non-hydrogen) atoms. The Morgan fingerprint density at radius 3 is 1.08 bits per heavy atom. The van der Waals surface area contributed by atoms with Crippen molar-refractivity contribution in [2.45, 2.75) is 46.1 Å². The molecule has 0 spiro atoms. The van der Waals surface area contributed by atoms with Crippen LogP contribution in [0.3, 0.4) is 0 Å². The van der Waals surface area contributed by atoms with E-state index in [1.54, 1.807) is 36.4 Å². The first kappa shape index (κ1) is 40.9. The summed E-state index contributed by atoms with van der Waals surface area (Å²) in [7, 11) is 0. The lowest BCUT2D eigenvalue weighted by molar-refractivity contribution is 0.0437. The van der Waals surface area contributed by atoms with Gasteiger partial charge in [0.05, 0.1) is 46.6 Å². The minimum Gasteiger partial charge on any atom is -0.478 e. The van der Waals surface area contributed by atoms with Crippen molar-refractivity contribution in [3.63, 3.8) is 0 Å². The van der Waals surface area contributed by atoms with Gasteiger partial charge in [-0.15, -0.1) is 0 Å². The third-order valence-electron chi connectivity index (χ3n) is 6.81. The highest BCUT2D eigenvalue weighted by Gasteiger charge is 2.19. The molecule has 0 fully saturated rings. The van der Waals surface area contributed by atoms with Gasteiger partial charge in [0.25, 0.3) is 0 Å². The van der Waals surface area contributed by atoms with Crippen LogP contribution in [0.5, 0.6) is 0 Å². The predicted molar refractivity (Wildman–Crippen MR) is 186 cm³/mol. The quantitative estimate of drug-likeness (QED) is 0.0671. The summed E-state index contributed by atoms with van der Waals surface area (Å²) in [5, 5.41) is 26.0. The molecule has 12 nitrogen and oxygen atoms in total. The molecule has 0 radical (unpaired) electrons. The largest absolute Gasteiger partial charge is 0.478 e. The molecule has 3 N–H and O–H groups in total. The molecule has 0 saturated carbocycles. The summed E-state index contributed by atoms with van der Waals surface area (Å²) in [5.41, 5.74) is 1.06. The van der Waals surface area contributed by atoms with Crippen LogP contribution in [0.1, 0.15) is 107 Å². The molecule has 0 bridgehead atoms. The average molecular weight is 701 g/mol. The fraction of sp³-hybridized carbons (Fsp3) is 0.231. The number of unbranched alkanes of at least 4 members (excludes halogenated alkanes) is 2. The molecule has 0 heterocycles. The second-order valence-electron chi connectivity index (χ2n) is 10.6. The van der Waals surface area contributed by atoms with Crippen LogP contribution in [0.2, 0.25) is 0 Å². The molecule has 4 aromatic carbocycles. The molecule has 0 aliphatic rings. The van der Waals surface area contributed by atoms with E-state index in [1.165, 1.54) is 36.4 Å². The number of esters is 3. The minimum atomic E-state index is -1.23. The lowest BCUT2D eigenvalue weighted by Crippen LogP contribution is -2.14. The fourth-order valence-corrected chi connectivity index (χ4v) is 4.12. The van der Waals surface area contributed by atoms with Crippen LogP contribution < -0.4 is 0 Å². The summed E-state index contributed by atoms with van der Waals surface area (Å²) in [6, 6.07) is 27.5. The maximum Gasteiger partial charge on any atom is 0.339 e. The van der Waals surface area contributed by atoms with E-state index >= 15 is 0 Å². The molecule has 0 aromatic heterocycles. The number of carbonyl (C=O) groups excluding carboxylic acids is 3. The van der Waals surface area contributed by atoms with E-state index in [1.807, 2.05) is 44.2 Å². The predicted octanol–water partition coefficient (Wildman–Crippen LogP) is 7.43. The number of ether oxygens (including phenoxy) is 3. The summed E-state index contributed by atoms with van der Waals surface area (Å²) in [6.07, 6.45) is 3.44. The van der Waals surface area contributed by atoms with Crippen molar-refractivity contribution in [3.8, 4) is 0 Å². The van der Waals surface area contributed by atoms with E-state index < -0.39 is 35.8 Å². The maximum absolute atomic E-state index is 12.2. The number of carboxylic acids is 3. The summed E-state index contributed by atoms with van der Waals surface area (Å²) in [6.45, 7) is 4.84. The van der Waals surface area contributed by atoms with E-state index in [2.05, 4.69) is 0 Å². The van der Waals surface area contributed by atoms with Gasteiger partial charge in [0.2, 0.25) is 0 Å². The number of hydrogen-bond acceptors (Lipinski definition) is 9. The van der Waals surface area contributed by atoms with Gasteiger partial charge in [-0.1, -0.05) is 93.4 Å². The Bertz CT molecular complexity index is 1730. The number of rotatable bonds is 14. The van der Waals surface area contributed by atoms with Crippen molar-refractivity contribution in [3.05, 3.63) is 142 Å². The second kappa shape index (κ2) is 22.4. The van der Waals surface area contributed by atoms with Crippen LogP contribution in [0.15, 0.2) is 103 Å². The minimum absolute atomic E-state index is 0.0241. The number of carboxylic acid groups (broad SMARTS) is 3. The molecule has 0 aliphatic heterocycles. The zero-order chi connectivity index (χ0) is 37.6. The average Bonchev–Trinajstić information content (AvgIpc) is 3.14. The van der Waals surface area contributed by atoms with Gasteiger partial charge in [0, 0.05) is 0 Å². The SMILES string of the molecule is CCCCOC(=O)c1ccccc1C(=O)O.CCCCOC(=O)c1ccccc1C(=O)OCc1ccccc1.O=C(O)c1ccccc1C(=O)O. The molecule has 12 heteroatoms. The summed E-state index contributed by atoms with van der Waals surface area (Å²) < 4.78 is 15.4. The highest BCUT2D eigenvalue weighted by Crippen LogP contribution is 2.14. The van der Waals surface area contributed by atoms with Crippen LogP contribution in [-0.4, -0.2) is 64.3 Å². The van der Waals surface area contributed by atoms with E-state index in [0.29, 0.717) is 13.2 Å². The van der Waals surface area contributed by atoms with Gasteiger partial charge < -0.3 is 29.5 Å². The fourth-order valence-electron chi connectivity index (χ4n) is 4.12. The number of hydrogen-bond donors (Lipinski definition) is 3. The first-order valence-corrected chi connectivity index (χ1v) is 16.0. The normalized spacial score (nSPS) is 9.84. The Balaban J connectivity index is 0.000000281. The highest BCUT2D eigenvalue weighted by atomic mass is 16.5. The van der Waals surface area contributed by atoms with Crippen molar-refractivity contribution in [2.24, 2.45) is 0 Å². The van der Waals surface area contributed by atoms with E-state index in [-0.39, 0.29) is 40.0 Å². The van der Waals surface area contributed by atoms with Crippen LogP contribution in [0.4, 0.5) is 0 Å². The topological polar surface area (TPSA) is 191 Å². The Morgan fingerprint density at radius 2 is 0.725 bits per heavy atom. The lowest BCUT2D eigenvalue weighted by Gasteiger charge is -2.09. The molecular weight excluding hydrogens is 660 g/mol. The number of aromatic carboxylic acids is 3. The van der Waals surface area contributed by atoms with Gasteiger partial charge in [0.1, 0.15) is 6.61 Å². The summed E-state index contributed by atoms with van der Waals surface area (Å²) in [5.74, 6) is -5.18. The first-order valence-electron chi connectivity index (χ1n) is 16.0. The van der Waals surface area contributed by atoms with E-state index in [9.17, 15) is 28.8 Å².